The maximum atomic E-state index is 8.77. The number of nitrogens with two attached hydrogens (primary N) is 1. The number of hydrogen-bond acceptors (Lipinski definition) is 2. The second kappa shape index (κ2) is 3.63. The van der Waals surface area contributed by atoms with Crippen LogP contribution in [0, 0.1) is 11.3 Å². The van der Waals surface area contributed by atoms with Gasteiger partial charge in [-0.3, -0.25) is 0 Å². The molecule has 0 unspecified atom stereocenters. The summed E-state index contributed by atoms with van der Waals surface area (Å²) in [6, 6.07) is 2.08. The molecule has 0 aliphatic rings. The van der Waals surface area contributed by atoms with E-state index in [0.29, 0.717) is 11.4 Å². The standard InChI is InChI=1S/C8H10BrN3/c1-2-3-5-6(4-10)8(11)12-7(5)9/h12H,2-3,11H2,1H3. The third kappa shape index (κ3) is 1.46. The van der Waals surface area contributed by atoms with E-state index < -0.39 is 0 Å². The highest BCUT2D eigenvalue weighted by molar-refractivity contribution is 9.10. The SMILES string of the molecule is CCCc1c(Br)[nH]c(N)c1C#N. The third-order valence-corrected chi connectivity index (χ3v) is 2.37. The molecule has 0 bridgehead atoms. The van der Waals surface area contributed by atoms with E-state index in [1.165, 1.54) is 0 Å². The average Bonchev–Trinajstić information content (AvgIpc) is 2.28. The van der Waals surface area contributed by atoms with Crippen LogP contribution >= 0.6 is 15.9 Å². The topological polar surface area (TPSA) is 65.6 Å². The maximum absolute atomic E-state index is 8.77. The Kier molecular flexibility index (Phi) is 2.77. The quantitative estimate of drug-likeness (QED) is 0.814. The highest BCUT2D eigenvalue weighted by Crippen LogP contribution is 2.25. The van der Waals surface area contributed by atoms with Gasteiger partial charge in [0.2, 0.25) is 0 Å². The number of halogens is 1. The molecule has 0 fully saturated rings. The molecule has 0 radical (unpaired) electrons. The molecule has 0 aliphatic heterocycles. The van der Waals surface area contributed by atoms with Crippen molar-refractivity contribution in [3.8, 4) is 6.07 Å². The van der Waals surface area contributed by atoms with Crippen molar-refractivity contribution in [3.63, 3.8) is 0 Å². The smallest absolute Gasteiger partial charge is 0.120 e. The van der Waals surface area contributed by atoms with Crippen molar-refractivity contribution in [3.05, 3.63) is 15.7 Å². The molecule has 0 aromatic carbocycles. The van der Waals surface area contributed by atoms with E-state index in [1.54, 1.807) is 0 Å². The van der Waals surface area contributed by atoms with Gasteiger partial charge in [-0.2, -0.15) is 5.26 Å². The van der Waals surface area contributed by atoms with Crippen LogP contribution in [0.25, 0.3) is 0 Å². The van der Waals surface area contributed by atoms with E-state index >= 15 is 0 Å². The van der Waals surface area contributed by atoms with Crippen LogP contribution in [0.4, 0.5) is 5.82 Å². The molecule has 64 valence electrons. The van der Waals surface area contributed by atoms with Gasteiger partial charge in [0.05, 0.1) is 10.2 Å². The zero-order valence-electron chi connectivity index (χ0n) is 6.82. The van der Waals surface area contributed by atoms with Gasteiger partial charge in [-0.15, -0.1) is 0 Å². The lowest BCUT2D eigenvalue weighted by Gasteiger charge is -1.94. The van der Waals surface area contributed by atoms with E-state index in [4.69, 9.17) is 11.0 Å². The fourth-order valence-corrected chi connectivity index (χ4v) is 1.75. The van der Waals surface area contributed by atoms with Crippen molar-refractivity contribution in [1.29, 1.82) is 5.26 Å². The largest absolute Gasteiger partial charge is 0.384 e. The number of nitrogens with one attached hydrogen (secondary N) is 1. The Morgan fingerprint density at radius 2 is 2.33 bits per heavy atom. The second-order valence-corrected chi connectivity index (χ2v) is 3.36. The number of hydrogen-bond donors (Lipinski definition) is 2. The van der Waals surface area contributed by atoms with Crippen molar-refractivity contribution in [1.82, 2.24) is 4.98 Å². The van der Waals surface area contributed by atoms with Crippen molar-refractivity contribution in [2.75, 3.05) is 5.73 Å². The molecule has 1 aromatic heterocycles. The minimum atomic E-state index is 0.452. The minimum Gasteiger partial charge on any atom is -0.384 e. The number of nitrogen functional groups attached to an aromatic ring is 1. The number of nitrogens with zero attached hydrogens (tertiary/aromatic N) is 1. The molecule has 4 heteroatoms. The monoisotopic (exact) mass is 227 g/mol. The van der Waals surface area contributed by atoms with Crippen LogP contribution in [0.5, 0.6) is 0 Å². The van der Waals surface area contributed by atoms with E-state index in [9.17, 15) is 0 Å². The van der Waals surface area contributed by atoms with E-state index in [1.807, 2.05) is 0 Å². The Labute approximate surface area is 79.7 Å². The Balaban J connectivity index is 3.16. The summed E-state index contributed by atoms with van der Waals surface area (Å²) in [5.74, 6) is 0.452. The molecule has 0 saturated carbocycles. The minimum absolute atomic E-state index is 0.452. The highest BCUT2D eigenvalue weighted by atomic mass is 79.9. The lowest BCUT2D eigenvalue weighted by molar-refractivity contribution is 0.915. The summed E-state index contributed by atoms with van der Waals surface area (Å²) in [7, 11) is 0. The van der Waals surface area contributed by atoms with Gasteiger partial charge in [-0.25, -0.2) is 0 Å². The Morgan fingerprint density at radius 1 is 1.67 bits per heavy atom. The highest BCUT2D eigenvalue weighted by Gasteiger charge is 2.12. The Bertz CT molecular complexity index is 322. The molecule has 0 saturated heterocycles. The summed E-state index contributed by atoms with van der Waals surface area (Å²) in [5, 5.41) is 8.77. The third-order valence-electron chi connectivity index (χ3n) is 1.69. The maximum Gasteiger partial charge on any atom is 0.120 e. The molecule has 0 spiro atoms. The second-order valence-electron chi connectivity index (χ2n) is 2.57. The first-order valence-electron chi connectivity index (χ1n) is 3.76. The van der Waals surface area contributed by atoms with Crippen LogP contribution in [0.2, 0.25) is 0 Å². The van der Waals surface area contributed by atoms with Gasteiger partial charge in [-0.05, 0) is 22.4 Å². The van der Waals surface area contributed by atoms with Gasteiger partial charge in [0.25, 0.3) is 0 Å². The first-order valence-corrected chi connectivity index (χ1v) is 4.55. The molecule has 1 heterocycles. The van der Waals surface area contributed by atoms with Gasteiger partial charge in [-0.1, -0.05) is 13.3 Å². The number of anilines is 1. The molecular weight excluding hydrogens is 218 g/mol. The summed E-state index contributed by atoms with van der Waals surface area (Å²) < 4.78 is 0.832. The summed E-state index contributed by atoms with van der Waals surface area (Å²) in [4.78, 5) is 2.88. The first kappa shape index (κ1) is 9.14. The summed E-state index contributed by atoms with van der Waals surface area (Å²) in [5.41, 5.74) is 7.13. The normalized spacial score (nSPS) is 9.75. The molecular formula is C8H10BrN3. The first-order chi connectivity index (χ1) is 5.70. The van der Waals surface area contributed by atoms with Crippen molar-refractivity contribution in [2.45, 2.75) is 19.8 Å². The number of H-pyrrole nitrogens is 1. The molecule has 12 heavy (non-hydrogen) atoms. The average molecular weight is 228 g/mol. The van der Waals surface area contributed by atoms with Gasteiger partial charge < -0.3 is 10.7 Å². The van der Waals surface area contributed by atoms with Crippen molar-refractivity contribution >= 4 is 21.7 Å². The summed E-state index contributed by atoms with van der Waals surface area (Å²) in [6.45, 7) is 2.07. The fourth-order valence-electron chi connectivity index (χ4n) is 1.14. The Morgan fingerprint density at radius 3 is 2.83 bits per heavy atom. The number of aromatic amines is 1. The van der Waals surface area contributed by atoms with Gasteiger partial charge in [0.1, 0.15) is 11.9 Å². The van der Waals surface area contributed by atoms with E-state index in [0.717, 1.165) is 23.0 Å². The fraction of sp³-hybridized carbons (Fsp3) is 0.375. The summed E-state index contributed by atoms with van der Waals surface area (Å²) >= 11 is 3.32. The van der Waals surface area contributed by atoms with Crippen molar-refractivity contribution in [2.24, 2.45) is 0 Å². The van der Waals surface area contributed by atoms with Gasteiger partial charge in [0, 0.05) is 5.56 Å². The molecule has 0 atom stereocenters. The lowest BCUT2D eigenvalue weighted by Crippen LogP contribution is -1.89. The van der Waals surface area contributed by atoms with Crippen LogP contribution in [0.1, 0.15) is 24.5 Å². The zero-order chi connectivity index (χ0) is 9.14. The van der Waals surface area contributed by atoms with Crippen LogP contribution < -0.4 is 5.73 Å². The predicted octanol–water partition coefficient (Wildman–Crippen LogP) is 2.18. The molecule has 1 rings (SSSR count). The summed E-state index contributed by atoms with van der Waals surface area (Å²) in [6.07, 6.45) is 1.88. The van der Waals surface area contributed by atoms with Crippen LogP contribution in [-0.4, -0.2) is 4.98 Å². The van der Waals surface area contributed by atoms with Gasteiger partial charge in [0.15, 0.2) is 0 Å². The van der Waals surface area contributed by atoms with Crippen LogP contribution in [-0.2, 0) is 6.42 Å². The van der Waals surface area contributed by atoms with Gasteiger partial charge >= 0.3 is 0 Å². The number of rotatable bonds is 2. The number of nitriles is 1. The molecule has 3 nitrogen and oxygen atoms in total. The number of aromatic nitrogens is 1. The van der Waals surface area contributed by atoms with Crippen LogP contribution in [0.3, 0.4) is 0 Å². The molecule has 0 aliphatic carbocycles. The lowest BCUT2D eigenvalue weighted by atomic mass is 10.1. The Hall–Kier alpha value is -0.950. The molecule has 1 aromatic rings. The molecule has 0 amide bonds. The van der Waals surface area contributed by atoms with Crippen molar-refractivity contribution < 1.29 is 0 Å². The molecule has 3 N–H and O–H groups in total. The van der Waals surface area contributed by atoms with E-state index in [-0.39, 0.29) is 0 Å². The van der Waals surface area contributed by atoms with E-state index in [2.05, 4.69) is 33.9 Å². The zero-order valence-corrected chi connectivity index (χ0v) is 8.40. The van der Waals surface area contributed by atoms with Crippen LogP contribution in [0.15, 0.2) is 4.60 Å². The predicted molar refractivity (Wildman–Crippen MR) is 51.6 cm³/mol.